The maximum absolute atomic E-state index is 11.4. The molecule has 94 valence electrons. The molecule has 4 nitrogen and oxygen atoms in total. The fourth-order valence-electron chi connectivity index (χ4n) is 1.40. The highest BCUT2D eigenvalue weighted by molar-refractivity contribution is 5.94. The lowest BCUT2D eigenvalue weighted by molar-refractivity contribution is 0.0962. The molecule has 0 bridgehead atoms. The minimum absolute atomic E-state index is 0.136. The largest absolute Gasteiger partial charge is 0.493 e. The summed E-state index contributed by atoms with van der Waals surface area (Å²) < 4.78 is 10.8. The molecule has 0 saturated heterocycles. The van der Waals surface area contributed by atoms with Crippen LogP contribution in [0.2, 0.25) is 0 Å². The number of unbranched alkanes of at least 4 members (excludes halogenated alkanes) is 1. The minimum Gasteiger partial charge on any atom is -0.493 e. The Kier molecular flexibility index (Phi) is 5.33. The number of benzene rings is 1. The van der Waals surface area contributed by atoms with Crippen molar-refractivity contribution in [3.05, 3.63) is 23.8 Å². The number of ether oxygens (including phenoxy) is 2. The van der Waals surface area contributed by atoms with E-state index in [9.17, 15) is 4.79 Å². The summed E-state index contributed by atoms with van der Waals surface area (Å²) in [5, 5.41) is 2.57. The van der Waals surface area contributed by atoms with Gasteiger partial charge in [0.25, 0.3) is 5.91 Å². The molecule has 0 aliphatic heterocycles. The quantitative estimate of drug-likeness (QED) is 0.772. The Bertz CT molecular complexity index is 377. The van der Waals surface area contributed by atoms with Crippen molar-refractivity contribution in [3.8, 4) is 11.5 Å². The lowest BCUT2D eigenvalue weighted by atomic mass is 10.2. The van der Waals surface area contributed by atoms with Crippen LogP contribution in [-0.4, -0.2) is 26.7 Å². The van der Waals surface area contributed by atoms with Crippen LogP contribution in [0, 0.1) is 0 Å². The van der Waals surface area contributed by atoms with E-state index in [0.29, 0.717) is 23.7 Å². The van der Waals surface area contributed by atoms with Crippen molar-refractivity contribution < 1.29 is 14.3 Å². The van der Waals surface area contributed by atoms with Gasteiger partial charge in [-0.3, -0.25) is 4.79 Å². The molecule has 0 aromatic heterocycles. The summed E-state index contributed by atoms with van der Waals surface area (Å²) in [6.07, 6.45) is 2.08. The molecule has 0 saturated carbocycles. The van der Waals surface area contributed by atoms with E-state index < -0.39 is 0 Å². The number of carbonyl (C=O) groups excluding carboxylic acids is 1. The van der Waals surface area contributed by atoms with E-state index in [-0.39, 0.29) is 5.91 Å². The van der Waals surface area contributed by atoms with Crippen molar-refractivity contribution in [1.82, 2.24) is 5.32 Å². The Balaban J connectivity index is 2.81. The van der Waals surface area contributed by atoms with Crippen molar-refractivity contribution in [2.24, 2.45) is 0 Å². The van der Waals surface area contributed by atoms with E-state index in [1.165, 1.54) is 0 Å². The average molecular weight is 237 g/mol. The normalized spacial score (nSPS) is 9.82. The molecule has 1 aromatic carbocycles. The van der Waals surface area contributed by atoms with Gasteiger partial charge in [0.2, 0.25) is 0 Å². The number of nitrogens with one attached hydrogen (secondary N) is 1. The van der Waals surface area contributed by atoms with Crippen LogP contribution >= 0.6 is 0 Å². The third kappa shape index (κ3) is 3.66. The van der Waals surface area contributed by atoms with E-state index in [1.807, 2.05) is 0 Å². The second-order valence-corrected chi connectivity index (χ2v) is 3.65. The van der Waals surface area contributed by atoms with E-state index in [2.05, 4.69) is 12.2 Å². The van der Waals surface area contributed by atoms with Gasteiger partial charge < -0.3 is 14.8 Å². The predicted octanol–water partition coefficient (Wildman–Crippen LogP) is 2.23. The van der Waals surface area contributed by atoms with Crippen LogP contribution in [0.5, 0.6) is 11.5 Å². The van der Waals surface area contributed by atoms with E-state index in [4.69, 9.17) is 9.47 Å². The van der Waals surface area contributed by atoms with Crippen molar-refractivity contribution in [2.75, 3.05) is 20.8 Å². The van der Waals surface area contributed by atoms with Gasteiger partial charge in [-0.2, -0.15) is 0 Å². The molecule has 0 fully saturated rings. The molecule has 0 unspecified atom stereocenters. The van der Waals surface area contributed by atoms with Crippen LogP contribution in [0.1, 0.15) is 30.1 Å². The zero-order valence-corrected chi connectivity index (χ0v) is 10.6. The lowest BCUT2D eigenvalue weighted by Gasteiger charge is -2.11. The Hall–Kier alpha value is -1.71. The van der Waals surface area contributed by atoms with Crippen molar-refractivity contribution in [1.29, 1.82) is 0 Å². The minimum atomic E-state index is -0.136. The molecule has 0 atom stereocenters. The summed E-state index contributed by atoms with van der Waals surface area (Å²) in [5.74, 6) is 1.12. The SMILES string of the molecule is CCCCOc1ccc(C(=O)NC)cc1OC. The summed E-state index contributed by atoms with van der Waals surface area (Å²) in [6, 6.07) is 5.17. The molecule has 1 N–H and O–H groups in total. The summed E-state index contributed by atoms with van der Waals surface area (Å²) in [7, 11) is 3.16. The van der Waals surface area contributed by atoms with Gasteiger partial charge in [0.1, 0.15) is 0 Å². The third-order valence-corrected chi connectivity index (χ3v) is 2.41. The first-order valence-corrected chi connectivity index (χ1v) is 5.75. The zero-order chi connectivity index (χ0) is 12.7. The van der Waals surface area contributed by atoms with Gasteiger partial charge in [-0.1, -0.05) is 13.3 Å². The molecule has 0 spiro atoms. The molecule has 0 aliphatic rings. The average Bonchev–Trinajstić information content (AvgIpc) is 2.38. The molecule has 0 aliphatic carbocycles. The van der Waals surface area contributed by atoms with Gasteiger partial charge >= 0.3 is 0 Å². The highest BCUT2D eigenvalue weighted by Crippen LogP contribution is 2.28. The molecule has 0 radical (unpaired) electrons. The second-order valence-electron chi connectivity index (χ2n) is 3.65. The van der Waals surface area contributed by atoms with Crippen LogP contribution in [0.4, 0.5) is 0 Å². The Morgan fingerprint density at radius 3 is 2.71 bits per heavy atom. The molecule has 4 heteroatoms. The number of hydrogen-bond acceptors (Lipinski definition) is 3. The summed E-state index contributed by atoms with van der Waals surface area (Å²) in [6.45, 7) is 2.77. The predicted molar refractivity (Wildman–Crippen MR) is 66.8 cm³/mol. The maximum atomic E-state index is 11.4. The third-order valence-electron chi connectivity index (χ3n) is 2.41. The van der Waals surface area contributed by atoms with Crippen LogP contribution in [-0.2, 0) is 0 Å². The molecule has 0 heterocycles. The van der Waals surface area contributed by atoms with Gasteiger partial charge in [0.05, 0.1) is 13.7 Å². The fraction of sp³-hybridized carbons (Fsp3) is 0.462. The van der Waals surface area contributed by atoms with Crippen molar-refractivity contribution >= 4 is 5.91 Å². The van der Waals surface area contributed by atoms with Crippen LogP contribution in [0.3, 0.4) is 0 Å². The van der Waals surface area contributed by atoms with Gasteiger partial charge in [0, 0.05) is 12.6 Å². The first kappa shape index (κ1) is 13.4. The summed E-state index contributed by atoms with van der Waals surface area (Å²) in [5.41, 5.74) is 0.562. The topological polar surface area (TPSA) is 47.6 Å². The number of hydrogen-bond donors (Lipinski definition) is 1. The smallest absolute Gasteiger partial charge is 0.251 e. The molecular formula is C13H19NO3. The van der Waals surface area contributed by atoms with Gasteiger partial charge in [-0.25, -0.2) is 0 Å². The highest BCUT2D eigenvalue weighted by Gasteiger charge is 2.09. The maximum Gasteiger partial charge on any atom is 0.251 e. The van der Waals surface area contributed by atoms with Gasteiger partial charge in [0.15, 0.2) is 11.5 Å². The number of carbonyl (C=O) groups is 1. The summed E-state index contributed by atoms with van der Waals surface area (Å²) in [4.78, 5) is 11.4. The first-order valence-electron chi connectivity index (χ1n) is 5.75. The Morgan fingerprint density at radius 1 is 1.35 bits per heavy atom. The molecular weight excluding hydrogens is 218 g/mol. The summed E-state index contributed by atoms with van der Waals surface area (Å²) >= 11 is 0. The van der Waals surface area contributed by atoms with Crippen molar-refractivity contribution in [3.63, 3.8) is 0 Å². The Morgan fingerprint density at radius 2 is 2.12 bits per heavy atom. The molecule has 1 aromatic rings. The molecule has 1 amide bonds. The molecule has 17 heavy (non-hydrogen) atoms. The fourth-order valence-corrected chi connectivity index (χ4v) is 1.40. The van der Waals surface area contributed by atoms with Gasteiger partial charge in [-0.05, 0) is 24.6 Å². The lowest BCUT2D eigenvalue weighted by Crippen LogP contribution is -2.17. The van der Waals surface area contributed by atoms with Crippen LogP contribution < -0.4 is 14.8 Å². The highest BCUT2D eigenvalue weighted by atomic mass is 16.5. The van der Waals surface area contributed by atoms with E-state index in [0.717, 1.165) is 12.8 Å². The number of rotatable bonds is 6. The van der Waals surface area contributed by atoms with Gasteiger partial charge in [-0.15, -0.1) is 0 Å². The standard InChI is InChI=1S/C13H19NO3/c1-4-5-8-17-11-7-6-10(13(15)14-2)9-12(11)16-3/h6-7,9H,4-5,8H2,1-3H3,(H,14,15). The van der Waals surface area contributed by atoms with Crippen molar-refractivity contribution in [2.45, 2.75) is 19.8 Å². The van der Waals surface area contributed by atoms with E-state index >= 15 is 0 Å². The first-order chi connectivity index (χ1) is 8.22. The monoisotopic (exact) mass is 237 g/mol. The second kappa shape index (κ2) is 6.78. The number of methoxy groups -OCH3 is 1. The van der Waals surface area contributed by atoms with Crippen LogP contribution in [0.15, 0.2) is 18.2 Å². The van der Waals surface area contributed by atoms with Crippen LogP contribution in [0.25, 0.3) is 0 Å². The number of amides is 1. The van der Waals surface area contributed by atoms with E-state index in [1.54, 1.807) is 32.4 Å². The Labute approximate surface area is 102 Å². The molecule has 1 rings (SSSR count). The zero-order valence-electron chi connectivity index (χ0n) is 10.6.